The first-order valence-corrected chi connectivity index (χ1v) is 7.84. The van der Waals surface area contributed by atoms with Crippen molar-refractivity contribution in [2.24, 2.45) is 5.92 Å². The molecule has 1 aromatic heterocycles. The first kappa shape index (κ1) is 14.4. The largest absolute Gasteiger partial charge is 0.478 e. The maximum absolute atomic E-state index is 13.7. The van der Waals surface area contributed by atoms with Gasteiger partial charge in [-0.15, -0.1) is 0 Å². The zero-order valence-electron chi connectivity index (χ0n) is 11.6. The number of benzene rings is 1. The van der Waals surface area contributed by atoms with Gasteiger partial charge < -0.3 is 5.11 Å². The Kier molecular flexibility index (Phi) is 3.69. The fourth-order valence-electron chi connectivity index (χ4n) is 3.13. The number of carboxylic acids is 1. The average Bonchev–Trinajstić information content (AvgIpc) is 2.44. The second-order valence-corrected chi connectivity index (χ2v) is 6.37. The lowest BCUT2D eigenvalue weighted by Gasteiger charge is -2.25. The third kappa shape index (κ3) is 2.44. The Morgan fingerprint density at radius 1 is 1.52 bits per heavy atom. The van der Waals surface area contributed by atoms with E-state index in [-0.39, 0.29) is 5.56 Å². The van der Waals surface area contributed by atoms with E-state index in [9.17, 15) is 14.3 Å². The van der Waals surface area contributed by atoms with Crippen LogP contribution in [0.25, 0.3) is 10.9 Å². The van der Waals surface area contributed by atoms with Crippen LogP contribution in [0.2, 0.25) is 0 Å². The molecule has 0 fully saturated rings. The maximum atomic E-state index is 13.7. The number of aromatic carboxylic acids is 1. The summed E-state index contributed by atoms with van der Waals surface area (Å²) in [6.07, 6.45) is 3.54. The molecule has 110 valence electrons. The Morgan fingerprint density at radius 3 is 2.95 bits per heavy atom. The summed E-state index contributed by atoms with van der Waals surface area (Å²) in [6.45, 7) is 2.11. The van der Waals surface area contributed by atoms with Gasteiger partial charge in [-0.1, -0.05) is 13.3 Å². The van der Waals surface area contributed by atoms with Gasteiger partial charge in [-0.25, -0.2) is 9.18 Å². The van der Waals surface area contributed by atoms with Crippen LogP contribution in [0.5, 0.6) is 0 Å². The number of fused-ring (bicyclic) bond motifs is 2. The minimum Gasteiger partial charge on any atom is -0.478 e. The van der Waals surface area contributed by atoms with Gasteiger partial charge in [0.05, 0.1) is 11.1 Å². The molecule has 0 saturated heterocycles. The number of hydrogen-bond donors (Lipinski definition) is 1. The third-order valence-corrected chi connectivity index (χ3v) is 4.87. The molecule has 3 rings (SSSR count). The van der Waals surface area contributed by atoms with Crippen molar-refractivity contribution in [3.63, 3.8) is 0 Å². The van der Waals surface area contributed by atoms with Crippen molar-refractivity contribution in [1.82, 2.24) is 4.98 Å². The SMILES string of the molecule is CCC1CCc2nc3c(Br)cc(F)cc3c(C(=O)O)c2C1. The second kappa shape index (κ2) is 5.37. The van der Waals surface area contributed by atoms with Gasteiger partial charge in [0.2, 0.25) is 0 Å². The monoisotopic (exact) mass is 351 g/mol. The highest BCUT2D eigenvalue weighted by Gasteiger charge is 2.27. The standard InChI is InChI=1S/C16H15BrFNO2/c1-2-8-3-4-13-10(5-8)14(16(20)21)11-6-9(18)7-12(17)15(11)19-13/h6-8H,2-5H2,1H3,(H,20,21). The van der Waals surface area contributed by atoms with E-state index in [4.69, 9.17) is 0 Å². The van der Waals surface area contributed by atoms with Gasteiger partial charge in [0, 0.05) is 15.6 Å². The van der Waals surface area contributed by atoms with Crippen molar-refractivity contribution < 1.29 is 14.3 Å². The van der Waals surface area contributed by atoms with Gasteiger partial charge in [-0.3, -0.25) is 4.98 Å². The number of carbonyl (C=O) groups is 1. The summed E-state index contributed by atoms with van der Waals surface area (Å²) in [6, 6.07) is 2.59. The molecule has 0 radical (unpaired) electrons. The predicted octanol–water partition coefficient (Wildman–Crippen LogP) is 4.35. The van der Waals surface area contributed by atoms with Crippen molar-refractivity contribution in [3.8, 4) is 0 Å². The lowest BCUT2D eigenvalue weighted by Crippen LogP contribution is -2.19. The molecular weight excluding hydrogens is 337 g/mol. The molecule has 3 nitrogen and oxygen atoms in total. The lowest BCUT2D eigenvalue weighted by atomic mass is 9.82. The highest BCUT2D eigenvalue weighted by molar-refractivity contribution is 9.10. The summed E-state index contributed by atoms with van der Waals surface area (Å²) in [7, 11) is 0. The molecule has 0 bridgehead atoms. The van der Waals surface area contributed by atoms with Crippen LogP contribution in [0.1, 0.15) is 41.4 Å². The normalized spacial score (nSPS) is 17.8. The third-order valence-electron chi connectivity index (χ3n) is 4.27. The van der Waals surface area contributed by atoms with E-state index in [1.54, 1.807) is 0 Å². The van der Waals surface area contributed by atoms with E-state index in [1.165, 1.54) is 12.1 Å². The Morgan fingerprint density at radius 2 is 2.29 bits per heavy atom. The van der Waals surface area contributed by atoms with E-state index >= 15 is 0 Å². The van der Waals surface area contributed by atoms with Crippen molar-refractivity contribution in [3.05, 3.63) is 39.2 Å². The Balaban J connectivity index is 2.35. The van der Waals surface area contributed by atoms with Crippen LogP contribution in [0.3, 0.4) is 0 Å². The number of rotatable bonds is 2. The van der Waals surface area contributed by atoms with E-state index in [2.05, 4.69) is 27.8 Å². The molecule has 1 heterocycles. The van der Waals surface area contributed by atoms with Gasteiger partial charge in [0.1, 0.15) is 5.82 Å². The quantitative estimate of drug-likeness (QED) is 0.874. The average molecular weight is 352 g/mol. The molecule has 1 aromatic carbocycles. The number of nitrogens with zero attached hydrogens (tertiary/aromatic N) is 1. The van der Waals surface area contributed by atoms with Gasteiger partial charge >= 0.3 is 5.97 Å². The number of halogens is 2. The van der Waals surface area contributed by atoms with Gasteiger partial charge in [0.25, 0.3) is 0 Å². The smallest absolute Gasteiger partial charge is 0.336 e. The van der Waals surface area contributed by atoms with Crippen LogP contribution < -0.4 is 0 Å². The van der Waals surface area contributed by atoms with Crippen molar-refractivity contribution in [1.29, 1.82) is 0 Å². The first-order valence-electron chi connectivity index (χ1n) is 7.05. The molecule has 0 aliphatic heterocycles. The van der Waals surface area contributed by atoms with E-state index in [0.29, 0.717) is 27.7 Å². The predicted molar refractivity (Wildman–Crippen MR) is 82.2 cm³/mol. The van der Waals surface area contributed by atoms with E-state index < -0.39 is 11.8 Å². The molecule has 0 spiro atoms. The summed E-state index contributed by atoms with van der Waals surface area (Å²) in [5.41, 5.74) is 2.37. The van der Waals surface area contributed by atoms with Crippen molar-refractivity contribution in [2.45, 2.75) is 32.6 Å². The molecule has 1 N–H and O–H groups in total. The highest BCUT2D eigenvalue weighted by atomic mass is 79.9. The zero-order valence-corrected chi connectivity index (χ0v) is 13.2. The molecule has 0 amide bonds. The molecule has 1 atom stereocenters. The molecule has 1 aliphatic rings. The Labute approximate surface area is 130 Å². The van der Waals surface area contributed by atoms with Crippen LogP contribution >= 0.6 is 15.9 Å². The number of pyridine rings is 1. The minimum absolute atomic E-state index is 0.216. The molecule has 2 aromatic rings. The van der Waals surface area contributed by atoms with Crippen molar-refractivity contribution in [2.75, 3.05) is 0 Å². The summed E-state index contributed by atoms with van der Waals surface area (Å²) < 4.78 is 14.2. The molecule has 21 heavy (non-hydrogen) atoms. The number of carboxylic acid groups (broad SMARTS) is 1. The Hall–Kier alpha value is -1.49. The second-order valence-electron chi connectivity index (χ2n) is 5.52. The van der Waals surface area contributed by atoms with Crippen LogP contribution in [0.15, 0.2) is 16.6 Å². The number of aromatic nitrogens is 1. The number of aryl methyl sites for hydroxylation is 1. The van der Waals surface area contributed by atoms with Gasteiger partial charge in [-0.05, 0) is 58.8 Å². The lowest BCUT2D eigenvalue weighted by molar-refractivity contribution is 0.0697. The van der Waals surface area contributed by atoms with Gasteiger partial charge in [-0.2, -0.15) is 0 Å². The van der Waals surface area contributed by atoms with E-state index in [1.807, 2.05) is 0 Å². The summed E-state index contributed by atoms with van der Waals surface area (Å²) in [5.74, 6) is -0.985. The molecule has 5 heteroatoms. The van der Waals surface area contributed by atoms with Gasteiger partial charge in [0.15, 0.2) is 0 Å². The maximum Gasteiger partial charge on any atom is 0.336 e. The topological polar surface area (TPSA) is 50.2 Å². The van der Waals surface area contributed by atoms with Crippen LogP contribution in [0.4, 0.5) is 4.39 Å². The summed E-state index contributed by atoms with van der Waals surface area (Å²) >= 11 is 3.29. The van der Waals surface area contributed by atoms with E-state index in [0.717, 1.165) is 30.5 Å². The fraction of sp³-hybridized carbons (Fsp3) is 0.375. The van der Waals surface area contributed by atoms with Crippen LogP contribution in [-0.2, 0) is 12.8 Å². The number of hydrogen-bond acceptors (Lipinski definition) is 2. The zero-order chi connectivity index (χ0) is 15.1. The molecule has 1 aliphatic carbocycles. The molecular formula is C16H15BrFNO2. The first-order chi connectivity index (χ1) is 10.0. The summed E-state index contributed by atoms with van der Waals surface area (Å²) in [4.78, 5) is 16.3. The fourth-order valence-corrected chi connectivity index (χ4v) is 3.65. The molecule has 1 unspecified atom stereocenters. The molecule has 0 saturated carbocycles. The van der Waals surface area contributed by atoms with Crippen molar-refractivity contribution >= 4 is 32.8 Å². The highest BCUT2D eigenvalue weighted by Crippen LogP contribution is 2.35. The summed E-state index contributed by atoms with van der Waals surface area (Å²) in [5, 5.41) is 9.99. The van der Waals surface area contributed by atoms with Crippen LogP contribution in [0, 0.1) is 11.7 Å². The Bertz CT molecular complexity index is 745. The minimum atomic E-state index is -1.01. The van der Waals surface area contributed by atoms with Crippen LogP contribution in [-0.4, -0.2) is 16.1 Å².